The second-order valence-corrected chi connectivity index (χ2v) is 4.84. The largest absolute Gasteiger partial charge is 0.361 e. The van der Waals surface area contributed by atoms with Crippen LogP contribution in [0.1, 0.15) is 0 Å². The third-order valence-corrected chi connectivity index (χ3v) is 3.06. The molecule has 1 aliphatic rings. The van der Waals surface area contributed by atoms with E-state index in [4.69, 9.17) is 0 Å². The number of amides is 1. The number of nitrogens with zero attached hydrogens (tertiary/aromatic N) is 3. The number of hydrogen-bond acceptors (Lipinski definition) is 5. The Hall–Kier alpha value is -1.66. The molecule has 6 nitrogen and oxygen atoms in total. The van der Waals surface area contributed by atoms with Crippen molar-refractivity contribution in [2.24, 2.45) is 0 Å². The smallest absolute Gasteiger partial charge is 0.238 e. The van der Waals surface area contributed by atoms with Crippen molar-refractivity contribution in [1.82, 2.24) is 15.2 Å². The van der Waals surface area contributed by atoms with Crippen molar-refractivity contribution in [3.8, 4) is 0 Å². The second kappa shape index (κ2) is 6.49. The Labute approximate surface area is 113 Å². The third kappa shape index (κ3) is 3.90. The molecule has 6 heteroatoms. The van der Waals surface area contributed by atoms with Crippen LogP contribution < -0.4 is 15.5 Å². The van der Waals surface area contributed by atoms with Gasteiger partial charge in [0.15, 0.2) is 5.82 Å². The molecule has 0 spiro atoms. The van der Waals surface area contributed by atoms with Gasteiger partial charge in [0, 0.05) is 46.5 Å². The summed E-state index contributed by atoms with van der Waals surface area (Å²) in [5, 5.41) is 6.21. The number of aromatic nitrogens is 1. The topological polar surface area (TPSA) is 60.5 Å². The first-order valence-electron chi connectivity index (χ1n) is 6.52. The molecule has 2 heterocycles. The lowest BCUT2D eigenvalue weighted by Crippen LogP contribution is -2.46. The maximum atomic E-state index is 12.0. The maximum absolute atomic E-state index is 12.0. The average molecular weight is 263 g/mol. The summed E-state index contributed by atoms with van der Waals surface area (Å²) in [6, 6.07) is 3.70. The predicted molar refractivity (Wildman–Crippen MR) is 76.5 cm³/mol. The van der Waals surface area contributed by atoms with Crippen LogP contribution in [0, 0.1) is 0 Å². The van der Waals surface area contributed by atoms with Crippen LogP contribution in [0.3, 0.4) is 0 Å². The number of piperazine rings is 1. The lowest BCUT2D eigenvalue weighted by Gasteiger charge is -2.26. The average Bonchev–Trinajstić information content (AvgIpc) is 2.40. The van der Waals surface area contributed by atoms with E-state index in [1.165, 1.54) is 0 Å². The molecule has 1 amide bonds. The van der Waals surface area contributed by atoms with Gasteiger partial charge in [-0.05, 0) is 12.1 Å². The first-order valence-corrected chi connectivity index (χ1v) is 6.52. The van der Waals surface area contributed by atoms with Crippen LogP contribution >= 0.6 is 0 Å². The monoisotopic (exact) mass is 263 g/mol. The number of rotatable bonds is 4. The van der Waals surface area contributed by atoms with E-state index in [-0.39, 0.29) is 5.91 Å². The molecule has 1 aromatic heterocycles. The molecule has 2 N–H and O–H groups in total. The molecule has 0 aromatic carbocycles. The molecule has 2 rings (SSSR count). The molecule has 0 unspecified atom stereocenters. The fraction of sp³-hybridized carbons (Fsp3) is 0.538. The Morgan fingerprint density at radius 2 is 2.21 bits per heavy atom. The van der Waals surface area contributed by atoms with Gasteiger partial charge in [-0.3, -0.25) is 9.69 Å². The molecule has 0 saturated carbocycles. The Balaban J connectivity index is 1.94. The fourth-order valence-electron chi connectivity index (χ4n) is 2.11. The van der Waals surface area contributed by atoms with E-state index >= 15 is 0 Å². The molecule has 0 radical (unpaired) electrons. The highest BCUT2D eigenvalue weighted by atomic mass is 16.2. The van der Waals surface area contributed by atoms with E-state index in [0.717, 1.165) is 37.7 Å². The van der Waals surface area contributed by atoms with Gasteiger partial charge in [0.05, 0.1) is 12.2 Å². The number of anilines is 2. The SMILES string of the molecule is CN(C)c1ncccc1NC(=O)CN1CCNCC1. The molecule has 104 valence electrons. The van der Waals surface area contributed by atoms with Gasteiger partial charge in [0.1, 0.15) is 0 Å². The van der Waals surface area contributed by atoms with Crippen LogP contribution in [0.25, 0.3) is 0 Å². The Kier molecular flexibility index (Phi) is 4.70. The summed E-state index contributed by atoms with van der Waals surface area (Å²) in [5.74, 6) is 0.786. The van der Waals surface area contributed by atoms with Gasteiger partial charge in [-0.2, -0.15) is 0 Å². The van der Waals surface area contributed by atoms with Crippen molar-refractivity contribution >= 4 is 17.4 Å². The fourth-order valence-corrected chi connectivity index (χ4v) is 2.11. The van der Waals surface area contributed by atoms with Crippen LogP contribution in [0.4, 0.5) is 11.5 Å². The molecule has 1 aliphatic heterocycles. The quantitative estimate of drug-likeness (QED) is 0.800. The Bertz CT molecular complexity index is 429. The number of pyridine rings is 1. The molecular formula is C13H21N5O. The van der Waals surface area contributed by atoms with Gasteiger partial charge in [-0.15, -0.1) is 0 Å². The zero-order valence-electron chi connectivity index (χ0n) is 11.5. The van der Waals surface area contributed by atoms with Crippen LogP contribution in [-0.2, 0) is 4.79 Å². The van der Waals surface area contributed by atoms with Crippen molar-refractivity contribution in [3.63, 3.8) is 0 Å². The van der Waals surface area contributed by atoms with Crippen molar-refractivity contribution in [2.45, 2.75) is 0 Å². The minimum atomic E-state index is 0.0120. The Morgan fingerprint density at radius 1 is 1.47 bits per heavy atom. The van der Waals surface area contributed by atoms with Gasteiger partial charge >= 0.3 is 0 Å². The summed E-state index contributed by atoms with van der Waals surface area (Å²) in [6.45, 7) is 4.16. The minimum Gasteiger partial charge on any atom is -0.361 e. The standard InChI is InChI=1S/C13H21N5O/c1-17(2)13-11(4-3-5-15-13)16-12(19)10-18-8-6-14-7-9-18/h3-5,14H,6-10H2,1-2H3,(H,16,19). The number of nitrogens with one attached hydrogen (secondary N) is 2. The minimum absolute atomic E-state index is 0.0120. The van der Waals surface area contributed by atoms with E-state index in [2.05, 4.69) is 20.5 Å². The number of hydrogen-bond donors (Lipinski definition) is 2. The molecule has 1 fully saturated rings. The molecule has 1 saturated heterocycles. The summed E-state index contributed by atoms with van der Waals surface area (Å²) < 4.78 is 0. The van der Waals surface area contributed by atoms with Crippen molar-refractivity contribution in [2.75, 3.05) is 57.0 Å². The molecule has 0 atom stereocenters. The normalized spacial score (nSPS) is 16.1. The zero-order chi connectivity index (χ0) is 13.7. The summed E-state index contributed by atoms with van der Waals surface area (Å²) >= 11 is 0. The molecule has 0 bridgehead atoms. The van der Waals surface area contributed by atoms with E-state index in [1.54, 1.807) is 6.20 Å². The van der Waals surface area contributed by atoms with Crippen LogP contribution in [0.2, 0.25) is 0 Å². The number of carbonyl (C=O) groups is 1. The summed E-state index contributed by atoms with van der Waals surface area (Å²) in [4.78, 5) is 20.3. The lowest BCUT2D eigenvalue weighted by molar-refractivity contribution is -0.117. The summed E-state index contributed by atoms with van der Waals surface area (Å²) in [6.07, 6.45) is 1.72. The molecule has 19 heavy (non-hydrogen) atoms. The molecule has 1 aromatic rings. The van der Waals surface area contributed by atoms with Crippen LogP contribution in [-0.4, -0.2) is 62.6 Å². The summed E-state index contributed by atoms with van der Waals surface area (Å²) in [5.41, 5.74) is 0.757. The van der Waals surface area contributed by atoms with E-state index < -0.39 is 0 Å². The van der Waals surface area contributed by atoms with Gasteiger partial charge in [-0.25, -0.2) is 4.98 Å². The van der Waals surface area contributed by atoms with E-state index in [0.29, 0.717) is 6.54 Å². The van der Waals surface area contributed by atoms with Crippen LogP contribution in [0.15, 0.2) is 18.3 Å². The highest BCUT2D eigenvalue weighted by Crippen LogP contribution is 2.20. The first kappa shape index (κ1) is 13.8. The van der Waals surface area contributed by atoms with Gasteiger partial charge in [-0.1, -0.05) is 0 Å². The number of carbonyl (C=O) groups excluding carboxylic acids is 1. The summed E-state index contributed by atoms with van der Waals surface area (Å²) in [7, 11) is 3.82. The third-order valence-electron chi connectivity index (χ3n) is 3.06. The maximum Gasteiger partial charge on any atom is 0.238 e. The van der Waals surface area contributed by atoms with Gasteiger partial charge < -0.3 is 15.5 Å². The van der Waals surface area contributed by atoms with Crippen molar-refractivity contribution < 1.29 is 4.79 Å². The highest BCUT2D eigenvalue weighted by Gasteiger charge is 2.15. The van der Waals surface area contributed by atoms with Gasteiger partial charge in [0.2, 0.25) is 5.91 Å². The molecule has 0 aliphatic carbocycles. The predicted octanol–water partition coefficient (Wildman–Crippen LogP) is -0.00870. The second-order valence-electron chi connectivity index (χ2n) is 4.84. The Morgan fingerprint density at radius 3 is 2.89 bits per heavy atom. The molecular weight excluding hydrogens is 242 g/mol. The van der Waals surface area contributed by atoms with Crippen LogP contribution in [0.5, 0.6) is 0 Å². The lowest BCUT2D eigenvalue weighted by atomic mass is 10.3. The first-order chi connectivity index (χ1) is 9.16. The zero-order valence-corrected chi connectivity index (χ0v) is 11.5. The van der Waals surface area contributed by atoms with Gasteiger partial charge in [0.25, 0.3) is 0 Å². The van der Waals surface area contributed by atoms with E-state index in [9.17, 15) is 4.79 Å². The highest BCUT2D eigenvalue weighted by molar-refractivity contribution is 5.94. The van der Waals surface area contributed by atoms with Crippen molar-refractivity contribution in [3.05, 3.63) is 18.3 Å². The van der Waals surface area contributed by atoms with E-state index in [1.807, 2.05) is 31.1 Å². The van der Waals surface area contributed by atoms with Crippen molar-refractivity contribution in [1.29, 1.82) is 0 Å².